The summed E-state index contributed by atoms with van der Waals surface area (Å²) in [5.74, 6) is 4.52. The minimum atomic E-state index is 0.158. The van der Waals surface area contributed by atoms with Crippen molar-refractivity contribution in [1.29, 1.82) is 0 Å². The SMILES string of the molecule is Cc1cc(Cl)c(C(N)C2C3C4CCC(C4)C32)cc1C. The van der Waals surface area contributed by atoms with Crippen molar-refractivity contribution in [3.8, 4) is 0 Å². The second-order valence-electron chi connectivity index (χ2n) is 7.05. The first-order valence-electron chi connectivity index (χ1n) is 7.60. The quantitative estimate of drug-likeness (QED) is 0.858. The van der Waals surface area contributed by atoms with E-state index in [1.807, 2.05) is 0 Å². The summed E-state index contributed by atoms with van der Waals surface area (Å²) >= 11 is 6.43. The topological polar surface area (TPSA) is 26.0 Å². The van der Waals surface area contributed by atoms with Crippen molar-refractivity contribution in [3.63, 3.8) is 0 Å². The van der Waals surface area contributed by atoms with Crippen LogP contribution in [0, 0.1) is 43.4 Å². The molecule has 1 aromatic carbocycles. The van der Waals surface area contributed by atoms with Crippen LogP contribution in [0.5, 0.6) is 0 Å². The van der Waals surface area contributed by atoms with E-state index >= 15 is 0 Å². The van der Waals surface area contributed by atoms with Gasteiger partial charge >= 0.3 is 0 Å². The van der Waals surface area contributed by atoms with Crippen LogP contribution in [-0.4, -0.2) is 0 Å². The van der Waals surface area contributed by atoms with Gasteiger partial charge in [-0.2, -0.15) is 0 Å². The van der Waals surface area contributed by atoms with E-state index < -0.39 is 0 Å². The van der Waals surface area contributed by atoms with Crippen LogP contribution in [0.15, 0.2) is 12.1 Å². The van der Waals surface area contributed by atoms with E-state index in [1.54, 1.807) is 0 Å². The van der Waals surface area contributed by atoms with Crippen molar-refractivity contribution in [3.05, 3.63) is 33.8 Å². The Labute approximate surface area is 120 Å². The Bertz CT molecular complexity index is 522. The average Bonchev–Trinajstić information content (AvgIpc) is 2.81. The number of benzene rings is 1. The van der Waals surface area contributed by atoms with Crippen LogP contribution in [0.3, 0.4) is 0 Å². The fourth-order valence-corrected chi connectivity index (χ4v) is 5.48. The van der Waals surface area contributed by atoms with Gasteiger partial charge in [-0.05, 0) is 85.5 Å². The summed E-state index contributed by atoms with van der Waals surface area (Å²) in [6, 6.07) is 4.46. The van der Waals surface area contributed by atoms with Crippen LogP contribution < -0.4 is 5.73 Å². The Morgan fingerprint density at radius 1 is 1.11 bits per heavy atom. The molecule has 2 heteroatoms. The van der Waals surface area contributed by atoms with Gasteiger partial charge in [-0.25, -0.2) is 0 Å². The van der Waals surface area contributed by atoms with Gasteiger partial charge in [0.15, 0.2) is 0 Å². The highest BCUT2D eigenvalue weighted by molar-refractivity contribution is 6.31. The van der Waals surface area contributed by atoms with Crippen molar-refractivity contribution in [2.75, 3.05) is 0 Å². The third-order valence-corrected chi connectivity index (χ3v) is 6.51. The standard InChI is InChI=1S/C17H22ClN/c1-8-5-12(13(18)6-9(8)2)17(19)16-14-10-3-4-11(7-10)15(14)16/h5-6,10-11,14-17H,3-4,7,19H2,1-2H3. The van der Waals surface area contributed by atoms with Gasteiger partial charge in [-0.1, -0.05) is 17.7 Å². The van der Waals surface area contributed by atoms with Gasteiger partial charge in [0.2, 0.25) is 0 Å². The maximum Gasteiger partial charge on any atom is 0.0456 e. The molecule has 2 bridgehead atoms. The number of halogens is 1. The Hall–Kier alpha value is -0.530. The number of fused-ring (bicyclic) bond motifs is 5. The molecule has 102 valence electrons. The molecule has 4 rings (SSSR count). The molecule has 1 nitrogen and oxygen atoms in total. The fraction of sp³-hybridized carbons (Fsp3) is 0.647. The number of hydrogen-bond acceptors (Lipinski definition) is 1. The van der Waals surface area contributed by atoms with Crippen molar-refractivity contribution in [2.45, 2.75) is 39.2 Å². The molecule has 3 aliphatic carbocycles. The molecular weight excluding hydrogens is 254 g/mol. The first-order chi connectivity index (χ1) is 9.08. The molecule has 0 spiro atoms. The van der Waals surface area contributed by atoms with Crippen LogP contribution in [0.25, 0.3) is 0 Å². The van der Waals surface area contributed by atoms with Crippen LogP contribution in [-0.2, 0) is 0 Å². The molecule has 3 saturated carbocycles. The van der Waals surface area contributed by atoms with Crippen molar-refractivity contribution >= 4 is 11.6 Å². The second kappa shape index (κ2) is 3.99. The molecule has 1 aromatic rings. The van der Waals surface area contributed by atoms with Gasteiger partial charge in [0.1, 0.15) is 0 Å². The molecule has 19 heavy (non-hydrogen) atoms. The molecule has 0 aromatic heterocycles. The number of rotatable bonds is 2. The summed E-state index contributed by atoms with van der Waals surface area (Å²) < 4.78 is 0. The molecule has 3 fully saturated rings. The lowest BCUT2D eigenvalue weighted by Gasteiger charge is -2.19. The lowest BCUT2D eigenvalue weighted by molar-refractivity contribution is 0.417. The minimum Gasteiger partial charge on any atom is -0.324 e. The average molecular weight is 276 g/mol. The van der Waals surface area contributed by atoms with Gasteiger partial charge in [-0.3, -0.25) is 0 Å². The molecule has 2 N–H and O–H groups in total. The predicted octanol–water partition coefficient (Wildman–Crippen LogP) is 4.25. The van der Waals surface area contributed by atoms with Crippen LogP contribution >= 0.6 is 11.6 Å². The highest BCUT2D eigenvalue weighted by atomic mass is 35.5. The van der Waals surface area contributed by atoms with Gasteiger partial charge in [0, 0.05) is 11.1 Å². The van der Waals surface area contributed by atoms with E-state index in [1.165, 1.54) is 36.0 Å². The van der Waals surface area contributed by atoms with E-state index in [4.69, 9.17) is 17.3 Å². The molecule has 3 aliphatic rings. The molecule has 0 radical (unpaired) electrons. The lowest BCUT2D eigenvalue weighted by atomic mass is 9.92. The highest BCUT2D eigenvalue weighted by Crippen LogP contribution is 2.72. The summed E-state index contributed by atoms with van der Waals surface area (Å²) in [5.41, 5.74) is 10.3. The monoisotopic (exact) mass is 275 g/mol. The number of nitrogens with two attached hydrogens (primary N) is 1. The lowest BCUT2D eigenvalue weighted by Crippen LogP contribution is -2.18. The van der Waals surface area contributed by atoms with E-state index in [0.717, 1.165) is 28.7 Å². The van der Waals surface area contributed by atoms with Gasteiger partial charge < -0.3 is 5.73 Å². The van der Waals surface area contributed by atoms with E-state index in [9.17, 15) is 0 Å². The maximum absolute atomic E-state index is 6.58. The Balaban J connectivity index is 1.62. The highest BCUT2D eigenvalue weighted by Gasteiger charge is 2.66. The number of aryl methyl sites for hydroxylation is 2. The Kier molecular flexibility index (Phi) is 2.57. The van der Waals surface area contributed by atoms with Crippen molar-refractivity contribution < 1.29 is 0 Å². The summed E-state index contributed by atoms with van der Waals surface area (Å²) in [6.45, 7) is 4.27. The first kappa shape index (κ1) is 12.2. The molecule has 0 saturated heterocycles. The molecule has 0 heterocycles. The summed E-state index contributed by atoms with van der Waals surface area (Å²) in [7, 11) is 0. The summed E-state index contributed by atoms with van der Waals surface area (Å²) in [4.78, 5) is 0. The van der Waals surface area contributed by atoms with Crippen LogP contribution in [0.4, 0.5) is 0 Å². The Morgan fingerprint density at radius 3 is 2.32 bits per heavy atom. The molecular formula is C17H22ClN. The summed E-state index contributed by atoms with van der Waals surface area (Å²) in [5, 5.41) is 0.868. The summed E-state index contributed by atoms with van der Waals surface area (Å²) in [6.07, 6.45) is 4.39. The van der Waals surface area contributed by atoms with Gasteiger partial charge in [-0.15, -0.1) is 0 Å². The molecule has 5 atom stereocenters. The third-order valence-electron chi connectivity index (χ3n) is 6.18. The molecule has 0 aliphatic heterocycles. The van der Waals surface area contributed by atoms with Crippen molar-refractivity contribution in [2.24, 2.45) is 35.3 Å². The van der Waals surface area contributed by atoms with Crippen LogP contribution in [0.2, 0.25) is 5.02 Å². The van der Waals surface area contributed by atoms with Gasteiger partial charge in [0.25, 0.3) is 0 Å². The molecule has 5 unspecified atom stereocenters. The zero-order valence-corrected chi connectivity index (χ0v) is 12.5. The zero-order valence-electron chi connectivity index (χ0n) is 11.7. The minimum absolute atomic E-state index is 0.158. The Morgan fingerprint density at radius 2 is 1.68 bits per heavy atom. The first-order valence-corrected chi connectivity index (χ1v) is 7.98. The second-order valence-corrected chi connectivity index (χ2v) is 7.46. The predicted molar refractivity (Wildman–Crippen MR) is 79.2 cm³/mol. The van der Waals surface area contributed by atoms with Crippen LogP contribution in [0.1, 0.15) is 42.0 Å². The zero-order chi connectivity index (χ0) is 13.3. The fourth-order valence-electron chi connectivity index (χ4n) is 5.14. The van der Waals surface area contributed by atoms with Gasteiger partial charge in [0.05, 0.1) is 0 Å². The van der Waals surface area contributed by atoms with Crippen molar-refractivity contribution in [1.82, 2.24) is 0 Å². The number of hydrogen-bond donors (Lipinski definition) is 1. The largest absolute Gasteiger partial charge is 0.324 e. The normalized spacial score (nSPS) is 40.3. The molecule has 0 amide bonds. The third kappa shape index (κ3) is 1.64. The smallest absolute Gasteiger partial charge is 0.0456 e. The maximum atomic E-state index is 6.58. The van der Waals surface area contributed by atoms with E-state index in [2.05, 4.69) is 26.0 Å². The van der Waals surface area contributed by atoms with E-state index in [-0.39, 0.29) is 6.04 Å². The van der Waals surface area contributed by atoms with E-state index in [0.29, 0.717) is 5.92 Å².